The third-order valence-corrected chi connectivity index (χ3v) is 4.80. The van der Waals surface area contributed by atoms with Crippen molar-refractivity contribution in [2.24, 2.45) is 0 Å². The summed E-state index contributed by atoms with van der Waals surface area (Å²) < 4.78 is 14.7. The summed E-state index contributed by atoms with van der Waals surface area (Å²) in [5.74, 6) is -1.43. The van der Waals surface area contributed by atoms with Crippen LogP contribution in [0.3, 0.4) is 0 Å². The van der Waals surface area contributed by atoms with Crippen molar-refractivity contribution in [1.82, 2.24) is 9.97 Å². The highest BCUT2D eigenvalue weighted by Crippen LogP contribution is 2.44. The number of anilines is 1. The normalized spacial score (nSPS) is 21.5. The van der Waals surface area contributed by atoms with E-state index in [4.69, 9.17) is 0 Å². The lowest BCUT2D eigenvalue weighted by molar-refractivity contribution is -0.117. The van der Waals surface area contributed by atoms with Crippen molar-refractivity contribution in [2.45, 2.75) is 37.7 Å². The van der Waals surface area contributed by atoms with Crippen LogP contribution >= 0.6 is 0 Å². The van der Waals surface area contributed by atoms with E-state index in [1.54, 1.807) is 31.3 Å². The minimum atomic E-state index is -1.09. The van der Waals surface area contributed by atoms with Crippen LogP contribution in [0, 0.1) is 5.95 Å². The van der Waals surface area contributed by atoms with Gasteiger partial charge in [0.05, 0.1) is 28.6 Å². The van der Waals surface area contributed by atoms with Crippen molar-refractivity contribution < 1.29 is 14.3 Å². The van der Waals surface area contributed by atoms with Gasteiger partial charge in [-0.25, -0.2) is 4.98 Å². The molecule has 23 heavy (non-hydrogen) atoms. The van der Waals surface area contributed by atoms with E-state index in [0.29, 0.717) is 29.8 Å². The van der Waals surface area contributed by atoms with E-state index in [1.165, 1.54) is 0 Å². The third kappa shape index (κ3) is 2.05. The molecule has 1 aliphatic carbocycles. The predicted molar refractivity (Wildman–Crippen MR) is 82.2 cm³/mol. The Bertz CT molecular complexity index is 817. The maximum absolute atomic E-state index is 14.7. The maximum Gasteiger partial charge on any atom is 0.233 e. The molecule has 1 amide bonds. The van der Waals surface area contributed by atoms with Crippen LogP contribution in [0.2, 0.25) is 0 Å². The van der Waals surface area contributed by atoms with Crippen LogP contribution in [0.4, 0.5) is 10.1 Å². The summed E-state index contributed by atoms with van der Waals surface area (Å²) in [6, 6.07) is 5.03. The molecule has 1 fully saturated rings. The molecule has 118 valence electrons. The van der Waals surface area contributed by atoms with Crippen LogP contribution < -0.4 is 5.32 Å². The van der Waals surface area contributed by atoms with Crippen molar-refractivity contribution in [2.75, 3.05) is 5.32 Å². The topological polar surface area (TPSA) is 75.1 Å². The van der Waals surface area contributed by atoms with Crippen molar-refractivity contribution in [3.8, 4) is 11.1 Å². The zero-order chi connectivity index (χ0) is 16.2. The number of carbonyl (C=O) groups excluding carboxylic acids is 1. The zero-order valence-electron chi connectivity index (χ0n) is 12.6. The van der Waals surface area contributed by atoms with Crippen LogP contribution in [0.15, 0.2) is 24.4 Å². The van der Waals surface area contributed by atoms with Gasteiger partial charge in [-0.3, -0.25) is 9.78 Å². The molecule has 3 heterocycles. The molecular weight excluding hydrogens is 297 g/mol. The first-order valence-electron chi connectivity index (χ1n) is 7.69. The molecule has 0 spiro atoms. The number of carbonyl (C=O) groups is 1. The average Bonchev–Trinajstić information content (AvgIpc) is 2.61. The van der Waals surface area contributed by atoms with Gasteiger partial charge < -0.3 is 10.4 Å². The lowest BCUT2D eigenvalue weighted by atomic mass is 9.77. The second-order valence-corrected chi connectivity index (χ2v) is 6.25. The number of pyridine rings is 2. The average molecular weight is 313 g/mol. The van der Waals surface area contributed by atoms with Crippen LogP contribution in [-0.2, 0) is 10.4 Å². The van der Waals surface area contributed by atoms with Gasteiger partial charge in [0.2, 0.25) is 11.9 Å². The van der Waals surface area contributed by atoms with E-state index < -0.39 is 17.5 Å². The number of fused-ring (bicyclic) bond motifs is 3. The molecule has 0 aromatic carbocycles. The van der Waals surface area contributed by atoms with Crippen LogP contribution in [0.1, 0.15) is 43.5 Å². The molecule has 4 rings (SSSR count). The Morgan fingerprint density at radius 2 is 2.22 bits per heavy atom. The minimum Gasteiger partial charge on any atom is -0.384 e. The first kappa shape index (κ1) is 14.3. The summed E-state index contributed by atoms with van der Waals surface area (Å²) in [5, 5.41) is 13.2. The Morgan fingerprint density at radius 1 is 1.43 bits per heavy atom. The lowest BCUT2D eigenvalue weighted by Crippen LogP contribution is -2.35. The molecule has 2 aromatic rings. The van der Waals surface area contributed by atoms with E-state index in [2.05, 4.69) is 15.3 Å². The highest BCUT2D eigenvalue weighted by atomic mass is 19.1. The molecule has 0 saturated heterocycles. The highest BCUT2D eigenvalue weighted by molar-refractivity contribution is 6.02. The molecule has 0 bridgehead atoms. The van der Waals surface area contributed by atoms with Gasteiger partial charge in [0.25, 0.3) is 0 Å². The summed E-state index contributed by atoms with van der Waals surface area (Å²) in [4.78, 5) is 20.6. The predicted octanol–water partition coefficient (Wildman–Crippen LogP) is 2.71. The van der Waals surface area contributed by atoms with Crippen molar-refractivity contribution in [3.05, 3.63) is 41.7 Å². The summed E-state index contributed by atoms with van der Waals surface area (Å²) in [6.45, 7) is 1.73. The number of hydrogen-bond donors (Lipinski definition) is 2. The van der Waals surface area contributed by atoms with Crippen LogP contribution in [-0.4, -0.2) is 21.0 Å². The zero-order valence-corrected chi connectivity index (χ0v) is 12.6. The van der Waals surface area contributed by atoms with Gasteiger partial charge in [0.1, 0.15) is 5.60 Å². The Kier molecular flexibility index (Phi) is 2.99. The van der Waals surface area contributed by atoms with E-state index in [0.717, 1.165) is 6.42 Å². The van der Waals surface area contributed by atoms with E-state index in [1.807, 2.05) is 0 Å². The fourth-order valence-electron chi connectivity index (χ4n) is 3.21. The fraction of sp³-hybridized carbons (Fsp3) is 0.353. The van der Waals surface area contributed by atoms with Gasteiger partial charge in [0, 0.05) is 11.8 Å². The van der Waals surface area contributed by atoms with Crippen molar-refractivity contribution in [1.29, 1.82) is 0 Å². The largest absolute Gasteiger partial charge is 0.384 e. The van der Waals surface area contributed by atoms with Gasteiger partial charge in [-0.15, -0.1) is 0 Å². The van der Waals surface area contributed by atoms with Gasteiger partial charge in [-0.2, -0.15) is 4.39 Å². The molecule has 1 saturated carbocycles. The van der Waals surface area contributed by atoms with Crippen molar-refractivity contribution in [3.63, 3.8) is 0 Å². The minimum absolute atomic E-state index is 0.234. The number of aliphatic hydroxyl groups is 1. The SMILES string of the molecule is CC1C(=O)Nc2cc(C3(O)CCC3)nc(F)c2-c2cccnc21. The first-order chi connectivity index (χ1) is 11.0. The Morgan fingerprint density at radius 3 is 2.91 bits per heavy atom. The van der Waals surface area contributed by atoms with E-state index in [-0.39, 0.29) is 17.2 Å². The molecule has 0 radical (unpaired) electrons. The number of rotatable bonds is 1. The highest BCUT2D eigenvalue weighted by Gasteiger charge is 2.39. The molecule has 2 aliphatic rings. The summed E-state index contributed by atoms with van der Waals surface area (Å²) in [7, 11) is 0. The van der Waals surface area contributed by atoms with Crippen molar-refractivity contribution >= 4 is 11.6 Å². The second kappa shape index (κ2) is 4.83. The van der Waals surface area contributed by atoms with Gasteiger partial charge in [0.15, 0.2) is 0 Å². The maximum atomic E-state index is 14.7. The van der Waals surface area contributed by atoms with Gasteiger partial charge in [-0.05, 0) is 38.3 Å². The number of aromatic nitrogens is 2. The fourth-order valence-corrected chi connectivity index (χ4v) is 3.21. The third-order valence-electron chi connectivity index (χ3n) is 4.80. The molecule has 2 aromatic heterocycles. The van der Waals surface area contributed by atoms with Gasteiger partial charge >= 0.3 is 0 Å². The summed E-state index contributed by atoms with van der Waals surface area (Å²) in [5.41, 5.74) is 0.857. The summed E-state index contributed by atoms with van der Waals surface area (Å²) >= 11 is 0. The standard InChI is InChI=1S/C17H16FN3O2/c1-9-14-10(4-2-7-19-14)13-11(20-16(9)22)8-12(21-15(13)18)17(23)5-3-6-17/h2,4,7-9,23H,3,5-6H2,1H3,(H,20,22). The van der Waals surface area contributed by atoms with E-state index in [9.17, 15) is 14.3 Å². The Hall–Kier alpha value is -2.34. The van der Waals surface area contributed by atoms with Gasteiger partial charge in [-0.1, -0.05) is 6.07 Å². The number of nitrogens with one attached hydrogen (secondary N) is 1. The molecule has 1 aliphatic heterocycles. The number of halogens is 1. The van der Waals surface area contributed by atoms with Crippen LogP contribution in [0.25, 0.3) is 11.1 Å². The Labute approximate surface area is 132 Å². The lowest BCUT2D eigenvalue weighted by Gasteiger charge is -2.36. The summed E-state index contributed by atoms with van der Waals surface area (Å²) in [6.07, 6.45) is 3.58. The van der Waals surface area contributed by atoms with E-state index >= 15 is 0 Å². The molecule has 2 N–H and O–H groups in total. The second-order valence-electron chi connectivity index (χ2n) is 6.25. The molecule has 1 atom stereocenters. The van der Waals surface area contributed by atoms with Crippen LogP contribution in [0.5, 0.6) is 0 Å². The Balaban J connectivity index is 1.96. The first-order valence-corrected chi connectivity index (χ1v) is 7.69. The monoisotopic (exact) mass is 313 g/mol. The smallest absolute Gasteiger partial charge is 0.233 e. The molecule has 1 unspecified atom stereocenters. The molecule has 6 heteroatoms. The number of hydrogen-bond acceptors (Lipinski definition) is 4. The number of nitrogens with zero attached hydrogens (tertiary/aromatic N) is 2. The number of amides is 1. The quantitative estimate of drug-likeness (QED) is 0.794. The molecular formula is C17H16FN3O2. The molecule has 5 nitrogen and oxygen atoms in total.